The first-order valence-corrected chi connectivity index (χ1v) is 8.59. The molecule has 2 heterocycles. The third kappa shape index (κ3) is 4.69. The van der Waals surface area contributed by atoms with Gasteiger partial charge in [-0.2, -0.15) is 4.39 Å². The minimum Gasteiger partial charge on any atom is -0.388 e. The summed E-state index contributed by atoms with van der Waals surface area (Å²) in [5.41, 5.74) is -1.99. The monoisotopic (exact) mass is 366 g/mol. The molecule has 1 aliphatic rings. The van der Waals surface area contributed by atoms with Crippen molar-refractivity contribution in [2.24, 2.45) is 0 Å². The molecule has 0 amide bonds. The Morgan fingerprint density at radius 2 is 2.04 bits per heavy atom. The molecule has 0 saturated carbocycles. The van der Waals surface area contributed by atoms with E-state index in [2.05, 4.69) is 0 Å². The molecule has 0 aromatic carbocycles. The maximum absolute atomic E-state index is 13.4. The number of aromatic nitrogens is 2. The fraction of sp³-hybridized carbons (Fsp3) is 0.692. The van der Waals surface area contributed by atoms with Crippen molar-refractivity contribution in [1.29, 1.82) is 0 Å². The van der Waals surface area contributed by atoms with Crippen molar-refractivity contribution < 1.29 is 27.8 Å². The number of nitrogens with zero attached hydrogens (tertiary/aromatic N) is 1. The van der Waals surface area contributed by atoms with Crippen LogP contribution in [0.15, 0.2) is 15.8 Å². The number of rotatable bonds is 8. The highest BCUT2D eigenvalue weighted by atomic mass is 31.2. The molecule has 0 bridgehead atoms. The molecule has 0 spiro atoms. The minimum absolute atomic E-state index is 0.0832. The van der Waals surface area contributed by atoms with E-state index >= 15 is 0 Å². The number of halogens is 1. The summed E-state index contributed by atoms with van der Waals surface area (Å²) in [5.74, 6) is -1.14. The molecular weight excluding hydrogens is 346 g/mol. The lowest BCUT2D eigenvalue weighted by Gasteiger charge is -2.19. The summed E-state index contributed by atoms with van der Waals surface area (Å²) in [7, 11) is -1.51. The zero-order chi connectivity index (χ0) is 17.7. The van der Waals surface area contributed by atoms with E-state index in [4.69, 9.17) is 18.3 Å². The third-order valence-electron chi connectivity index (χ3n) is 3.20. The van der Waals surface area contributed by atoms with E-state index in [1.807, 2.05) is 4.98 Å². The lowest BCUT2D eigenvalue weighted by Crippen LogP contribution is -2.36. The average molecular weight is 366 g/mol. The number of aliphatic hydroxyl groups is 1. The maximum Gasteiger partial charge on any atom is 0.332 e. The second-order valence-corrected chi connectivity index (χ2v) is 6.17. The van der Waals surface area contributed by atoms with E-state index in [-0.39, 0.29) is 13.0 Å². The van der Waals surface area contributed by atoms with Gasteiger partial charge >= 0.3 is 14.3 Å². The third-order valence-corrected chi connectivity index (χ3v) is 4.50. The first kappa shape index (κ1) is 19.2. The van der Waals surface area contributed by atoms with Crippen LogP contribution in [-0.2, 0) is 18.3 Å². The molecule has 24 heavy (non-hydrogen) atoms. The van der Waals surface area contributed by atoms with Gasteiger partial charge in [-0.3, -0.25) is 14.3 Å². The second-order valence-electron chi connectivity index (χ2n) is 4.95. The highest BCUT2D eigenvalue weighted by Crippen LogP contribution is 2.40. The van der Waals surface area contributed by atoms with Gasteiger partial charge in [0.25, 0.3) is 5.56 Å². The number of ether oxygens (including phenoxy) is 1. The summed E-state index contributed by atoms with van der Waals surface area (Å²) in [4.78, 5) is 24.6. The highest BCUT2D eigenvalue weighted by Gasteiger charge is 2.36. The summed E-state index contributed by atoms with van der Waals surface area (Å²) in [6, 6.07) is 0. The van der Waals surface area contributed by atoms with E-state index in [0.717, 1.165) is 4.57 Å². The zero-order valence-corrected chi connectivity index (χ0v) is 14.2. The lowest BCUT2D eigenvalue weighted by atomic mass is 10.2. The Bertz CT molecular complexity index is 646. The molecule has 0 aliphatic carbocycles. The first-order chi connectivity index (χ1) is 11.5. The molecule has 11 heteroatoms. The molecule has 136 valence electrons. The van der Waals surface area contributed by atoms with Gasteiger partial charge in [-0.15, -0.1) is 0 Å². The lowest BCUT2D eigenvalue weighted by molar-refractivity contribution is -0.0525. The van der Waals surface area contributed by atoms with Gasteiger partial charge in [0, 0.05) is 6.42 Å². The van der Waals surface area contributed by atoms with Gasteiger partial charge in [0.2, 0.25) is 5.82 Å². The smallest absolute Gasteiger partial charge is 0.332 e. The molecule has 1 aliphatic heterocycles. The van der Waals surface area contributed by atoms with Crippen molar-refractivity contribution in [2.45, 2.75) is 38.7 Å². The van der Waals surface area contributed by atoms with Gasteiger partial charge in [-0.05, 0) is 13.8 Å². The van der Waals surface area contributed by atoms with Crippen molar-refractivity contribution in [3.63, 3.8) is 0 Å². The summed E-state index contributed by atoms with van der Waals surface area (Å²) in [6.45, 7) is 4.55. The largest absolute Gasteiger partial charge is 0.388 e. The van der Waals surface area contributed by atoms with Crippen LogP contribution in [0.2, 0.25) is 0 Å². The van der Waals surface area contributed by atoms with Crippen LogP contribution in [0.5, 0.6) is 0 Å². The van der Waals surface area contributed by atoms with Crippen LogP contribution in [0, 0.1) is 5.82 Å². The molecule has 2 N–H and O–H groups in total. The van der Waals surface area contributed by atoms with Crippen LogP contribution in [0.4, 0.5) is 4.39 Å². The van der Waals surface area contributed by atoms with Crippen LogP contribution in [-0.4, -0.2) is 46.7 Å². The van der Waals surface area contributed by atoms with Crippen molar-refractivity contribution in [3.05, 3.63) is 32.9 Å². The Balaban J connectivity index is 2.01. The predicted octanol–water partition coefficient (Wildman–Crippen LogP) is 0.641. The van der Waals surface area contributed by atoms with Crippen LogP contribution < -0.4 is 11.2 Å². The van der Waals surface area contributed by atoms with Gasteiger partial charge in [-0.25, -0.2) is 4.79 Å². The highest BCUT2D eigenvalue weighted by molar-refractivity contribution is 7.41. The average Bonchev–Trinajstić information content (AvgIpc) is 2.90. The van der Waals surface area contributed by atoms with Crippen molar-refractivity contribution in [2.75, 3.05) is 19.8 Å². The molecule has 1 aromatic heterocycles. The molecule has 0 radical (unpaired) electrons. The van der Waals surface area contributed by atoms with E-state index in [1.165, 1.54) is 0 Å². The molecule has 3 unspecified atom stereocenters. The number of nitrogens with one attached hydrogen (secondary N) is 1. The Labute approximate surface area is 138 Å². The molecule has 2 rings (SSSR count). The molecular formula is C13H20FN2O7P. The summed E-state index contributed by atoms with van der Waals surface area (Å²) < 4.78 is 35.8. The fourth-order valence-corrected chi connectivity index (χ4v) is 3.14. The van der Waals surface area contributed by atoms with E-state index < -0.39 is 44.1 Å². The Hall–Kier alpha value is -1.16. The van der Waals surface area contributed by atoms with E-state index in [1.54, 1.807) is 13.8 Å². The summed E-state index contributed by atoms with van der Waals surface area (Å²) in [5, 5.41) is 10.1. The van der Waals surface area contributed by atoms with Crippen LogP contribution >= 0.6 is 8.60 Å². The normalized spacial score (nSPS) is 24.0. The number of aliphatic hydroxyl groups excluding tert-OH is 1. The number of hydrogen-bond donors (Lipinski definition) is 2. The molecule has 3 atom stereocenters. The fourth-order valence-electron chi connectivity index (χ4n) is 2.20. The van der Waals surface area contributed by atoms with Gasteiger partial charge in [0.05, 0.1) is 32.1 Å². The van der Waals surface area contributed by atoms with Gasteiger partial charge in [0.15, 0.2) is 6.23 Å². The molecule has 1 saturated heterocycles. The standard InChI is InChI=1S/C13H20FN2O7P/c1-3-20-24(21-4-2)22-7-8-5-10(17)12(23-8)16-6-9(14)11(18)15-13(16)19/h6,8,10,12,17H,3-5,7H2,1-2H3,(H,15,18,19). The molecule has 1 aromatic rings. The first-order valence-electron chi connectivity index (χ1n) is 7.49. The predicted molar refractivity (Wildman–Crippen MR) is 81.9 cm³/mol. The topological polar surface area (TPSA) is 112 Å². The van der Waals surface area contributed by atoms with Crippen molar-refractivity contribution in [3.8, 4) is 0 Å². The number of aromatic amines is 1. The quantitative estimate of drug-likeness (QED) is 0.650. The van der Waals surface area contributed by atoms with Gasteiger partial charge in [0.1, 0.15) is 6.10 Å². The summed E-state index contributed by atoms with van der Waals surface area (Å²) >= 11 is 0. The minimum atomic E-state index is -1.51. The zero-order valence-electron chi connectivity index (χ0n) is 13.3. The van der Waals surface area contributed by atoms with Crippen LogP contribution in [0.3, 0.4) is 0 Å². The van der Waals surface area contributed by atoms with Gasteiger partial charge in [-0.1, -0.05) is 0 Å². The van der Waals surface area contributed by atoms with E-state index in [9.17, 15) is 19.1 Å². The Morgan fingerprint density at radius 1 is 1.38 bits per heavy atom. The summed E-state index contributed by atoms with van der Waals surface area (Å²) in [6.07, 6.45) is -1.79. The Morgan fingerprint density at radius 3 is 2.67 bits per heavy atom. The maximum atomic E-state index is 13.4. The van der Waals surface area contributed by atoms with Crippen molar-refractivity contribution >= 4 is 8.60 Å². The van der Waals surface area contributed by atoms with Crippen molar-refractivity contribution in [1.82, 2.24) is 9.55 Å². The van der Waals surface area contributed by atoms with Crippen LogP contribution in [0.25, 0.3) is 0 Å². The number of H-pyrrole nitrogens is 1. The van der Waals surface area contributed by atoms with Gasteiger partial charge < -0.3 is 23.4 Å². The Kier molecular flexibility index (Phi) is 7.02. The van der Waals surface area contributed by atoms with E-state index in [0.29, 0.717) is 19.4 Å². The molecule has 1 fully saturated rings. The number of hydrogen-bond acceptors (Lipinski definition) is 7. The SMILES string of the molecule is CCOP(OCC)OCC1CC(O)C(n2cc(F)c(=O)[nH]c2=O)O1. The van der Waals surface area contributed by atoms with Crippen LogP contribution in [0.1, 0.15) is 26.5 Å². The second kappa shape index (κ2) is 8.80. The molecule has 9 nitrogen and oxygen atoms in total.